The first-order valence-electron chi connectivity index (χ1n) is 14.8. The van der Waals surface area contributed by atoms with Crippen molar-refractivity contribution in [3.63, 3.8) is 0 Å². The molecule has 6 rings (SSSR count). The Labute approximate surface area is 260 Å². The van der Waals surface area contributed by atoms with Crippen LogP contribution in [0.25, 0.3) is 10.9 Å². The molecule has 1 saturated heterocycles. The minimum atomic E-state index is -0.957. The van der Waals surface area contributed by atoms with Gasteiger partial charge in [-0.25, -0.2) is 4.79 Å². The summed E-state index contributed by atoms with van der Waals surface area (Å²) in [6.07, 6.45) is 0.994. The van der Waals surface area contributed by atoms with Crippen LogP contribution in [0, 0.1) is 17.0 Å². The molecule has 0 amide bonds. The maximum atomic E-state index is 14.5. The number of piperidine rings is 1. The number of carbonyl (C=O) groups excluding carboxylic acids is 2. The van der Waals surface area contributed by atoms with Gasteiger partial charge in [0, 0.05) is 42.8 Å². The number of nitrogens with zero attached hydrogens (tertiary/aromatic N) is 1. The highest BCUT2D eigenvalue weighted by Crippen LogP contribution is 2.52. The van der Waals surface area contributed by atoms with Gasteiger partial charge in [-0.1, -0.05) is 0 Å². The average molecular weight is 623 g/mol. The van der Waals surface area contributed by atoms with Crippen LogP contribution in [0.4, 0.5) is 0 Å². The Morgan fingerprint density at radius 1 is 0.956 bits per heavy atom. The normalized spacial score (nSPS) is 26.9. The molecule has 240 valence electrons. The predicted octanol–water partition coefficient (Wildman–Crippen LogP) is 4.10. The van der Waals surface area contributed by atoms with Gasteiger partial charge < -0.3 is 48.0 Å². The molecule has 0 spiro atoms. The largest absolute Gasteiger partial charge is 0.632 e. The Bertz CT molecular complexity index is 1640. The molecule has 0 saturated carbocycles. The standard InChI is InChI=1S/C33H38N2O10/c1-39-19-7-8-20-21-9-10-35(38)16-18-13-27(45-32(36)17-11-25(40-2)30(42-4)26(12-17)41-3)31(43-5)28(33(37)44-6)22(18)15-24(35)29(21)34-23(20)14-19/h7-8,11-14,22,24,27-28,31,34H,9-10,15-16H2,1-6H3/t22-,24+,27+,28-,31-,35?/m0/s1. The maximum Gasteiger partial charge on any atom is 0.339 e. The summed E-state index contributed by atoms with van der Waals surface area (Å²) < 4.78 is 38.2. The zero-order valence-electron chi connectivity index (χ0n) is 26.2. The zero-order valence-corrected chi connectivity index (χ0v) is 26.2. The lowest BCUT2D eigenvalue weighted by molar-refractivity contribution is -0.914. The number of aromatic nitrogens is 1. The molecule has 2 aromatic carbocycles. The molecule has 2 aliphatic heterocycles. The summed E-state index contributed by atoms with van der Waals surface area (Å²) >= 11 is 0. The molecule has 1 aliphatic carbocycles. The van der Waals surface area contributed by atoms with E-state index in [0.717, 1.165) is 33.5 Å². The van der Waals surface area contributed by atoms with Crippen molar-refractivity contribution >= 4 is 22.8 Å². The number of H-pyrrole nitrogens is 1. The predicted molar refractivity (Wildman–Crippen MR) is 162 cm³/mol. The first-order chi connectivity index (χ1) is 21.7. The molecule has 1 aromatic heterocycles. The highest BCUT2D eigenvalue weighted by atomic mass is 16.6. The Balaban J connectivity index is 1.36. The van der Waals surface area contributed by atoms with Crippen molar-refractivity contribution in [2.45, 2.75) is 31.1 Å². The van der Waals surface area contributed by atoms with E-state index in [1.54, 1.807) is 13.2 Å². The van der Waals surface area contributed by atoms with Crippen LogP contribution >= 0.6 is 0 Å². The summed E-state index contributed by atoms with van der Waals surface area (Å²) in [4.78, 5) is 30.4. The van der Waals surface area contributed by atoms with Gasteiger partial charge in [0.2, 0.25) is 5.75 Å². The summed E-state index contributed by atoms with van der Waals surface area (Å²) in [5, 5.41) is 15.6. The van der Waals surface area contributed by atoms with E-state index in [0.29, 0.717) is 25.1 Å². The number of hydroxylamine groups is 3. The van der Waals surface area contributed by atoms with Crippen molar-refractivity contribution in [1.82, 2.24) is 4.98 Å². The lowest BCUT2D eigenvalue weighted by Gasteiger charge is -2.57. The average Bonchev–Trinajstić information content (AvgIpc) is 3.43. The van der Waals surface area contributed by atoms with E-state index in [1.807, 2.05) is 18.2 Å². The Kier molecular flexibility index (Phi) is 8.14. The van der Waals surface area contributed by atoms with Crippen LogP contribution < -0.4 is 18.9 Å². The molecule has 0 bridgehead atoms. The smallest absolute Gasteiger partial charge is 0.339 e. The quantitative estimate of drug-likeness (QED) is 0.169. The number of fused-ring (bicyclic) bond motifs is 6. The number of rotatable bonds is 8. The third kappa shape index (κ3) is 5.06. The maximum absolute atomic E-state index is 14.5. The third-order valence-electron chi connectivity index (χ3n) is 9.57. The van der Waals surface area contributed by atoms with E-state index in [2.05, 4.69) is 4.98 Å². The molecule has 12 heteroatoms. The first kappa shape index (κ1) is 30.8. The highest BCUT2D eigenvalue weighted by molar-refractivity contribution is 5.91. The van der Waals surface area contributed by atoms with Gasteiger partial charge in [-0.2, -0.15) is 0 Å². The van der Waals surface area contributed by atoms with Crippen molar-refractivity contribution in [3.05, 3.63) is 64.0 Å². The molecule has 6 atom stereocenters. The van der Waals surface area contributed by atoms with Crippen LogP contribution in [-0.4, -0.2) is 89.5 Å². The second-order valence-corrected chi connectivity index (χ2v) is 11.6. The second kappa shape index (κ2) is 11.9. The zero-order chi connectivity index (χ0) is 32.0. The molecule has 1 fully saturated rings. The molecule has 3 aromatic rings. The number of nitrogens with one attached hydrogen (secondary N) is 1. The number of ether oxygens (including phenoxy) is 7. The summed E-state index contributed by atoms with van der Waals surface area (Å²) in [5.74, 6) is -0.691. The Morgan fingerprint density at radius 3 is 2.31 bits per heavy atom. The molecule has 1 N–H and O–H groups in total. The number of benzene rings is 2. The molecular weight excluding hydrogens is 584 g/mol. The summed E-state index contributed by atoms with van der Waals surface area (Å²) in [6.45, 7) is 0.531. The van der Waals surface area contributed by atoms with Crippen LogP contribution in [0.3, 0.4) is 0 Å². The van der Waals surface area contributed by atoms with Gasteiger partial charge in [-0.15, -0.1) is 0 Å². The number of carbonyl (C=O) groups is 2. The minimum absolute atomic E-state index is 0.148. The van der Waals surface area contributed by atoms with Crippen molar-refractivity contribution in [2.75, 3.05) is 55.7 Å². The Morgan fingerprint density at radius 2 is 1.69 bits per heavy atom. The van der Waals surface area contributed by atoms with Crippen LogP contribution in [0.1, 0.15) is 34.1 Å². The van der Waals surface area contributed by atoms with E-state index >= 15 is 0 Å². The number of quaternary nitrogens is 1. The monoisotopic (exact) mass is 622 g/mol. The number of hydrogen-bond acceptors (Lipinski definition) is 10. The fourth-order valence-electron chi connectivity index (χ4n) is 7.45. The molecule has 1 unspecified atom stereocenters. The lowest BCUT2D eigenvalue weighted by atomic mass is 9.68. The summed E-state index contributed by atoms with van der Waals surface area (Å²) in [5.41, 5.74) is 3.85. The highest BCUT2D eigenvalue weighted by Gasteiger charge is 2.54. The summed E-state index contributed by atoms with van der Waals surface area (Å²) in [6, 6.07) is 8.45. The number of hydrogen-bond donors (Lipinski definition) is 1. The molecule has 0 radical (unpaired) electrons. The molecule has 12 nitrogen and oxygen atoms in total. The van der Waals surface area contributed by atoms with Crippen LogP contribution in [-0.2, 0) is 25.4 Å². The van der Waals surface area contributed by atoms with Crippen LogP contribution in [0.5, 0.6) is 23.0 Å². The molecule has 3 aliphatic rings. The van der Waals surface area contributed by atoms with Gasteiger partial charge in [0.05, 0.1) is 59.3 Å². The molecule has 3 heterocycles. The molecular formula is C33H38N2O10. The van der Waals surface area contributed by atoms with Crippen molar-refractivity contribution in [1.29, 1.82) is 0 Å². The first-order valence-corrected chi connectivity index (χ1v) is 14.8. The van der Waals surface area contributed by atoms with Crippen molar-refractivity contribution in [2.24, 2.45) is 11.8 Å². The minimum Gasteiger partial charge on any atom is -0.632 e. The van der Waals surface area contributed by atoms with E-state index in [9.17, 15) is 14.8 Å². The SMILES string of the molecule is COC(=O)[C@@H]1[C@@H](OC)[C@H](OC(=O)c2cc(OC)c(OC)c(OC)c2)C=C2C[N+]3([O-])CCc4c([nH]c5cc(OC)ccc45)[C@H]3C[C@@H]21. The van der Waals surface area contributed by atoms with Crippen molar-refractivity contribution < 1.29 is 47.4 Å². The van der Waals surface area contributed by atoms with E-state index in [4.69, 9.17) is 33.2 Å². The van der Waals surface area contributed by atoms with Crippen LogP contribution in [0.15, 0.2) is 42.0 Å². The van der Waals surface area contributed by atoms with E-state index in [-0.39, 0.29) is 29.5 Å². The fourth-order valence-corrected chi connectivity index (χ4v) is 7.45. The van der Waals surface area contributed by atoms with E-state index < -0.39 is 40.8 Å². The number of esters is 2. The Hall–Kier alpha value is -4.26. The summed E-state index contributed by atoms with van der Waals surface area (Å²) in [7, 11) is 8.79. The third-order valence-corrected chi connectivity index (χ3v) is 9.57. The fraction of sp³-hybridized carbons (Fsp3) is 0.455. The van der Waals surface area contributed by atoms with Crippen LogP contribution in [0.2, 0.25) is 0 Å². The van der Waals surface area contributed by atoms with E-state index in [1.165, 1.54) is 47.7 Å². The van der Waals surface area contributed by atoms with Gasteiger partial charge in [0.25, 0.3) is 0 Å². The van der Waals surface area contributed by atoms with Gasteiger partial charge in [-0.05, 0) is 41.5 Å². The second-order valence-electron chi connectivity index (χ2n) is 11.6. The lowest BCUT2D eigenvalue weighted by Crippen LogP contribution is -2.59. The van der Waals surface area contributed by atoms with Gasteiger partial charge >= 0.3 is 11.9 Å². The topological polar surface area (TPSA) is 138 Å². The van der Waals surface area contributed by atoms with Gasteiger partial charge in [0.15, 0.2) is 11.5 Å². The van der Waals surface area contributed by atoms with Crippen molar-refractivity contribution in [3.8, 4) is 23.0 Å². The number of methoxy groups -OCH3 is 6. The van der Waals surface area contributed by atoms with Gasteiger partial charge in [0.1, 0.15) is 30.5 Å². The number of aromatic amines is 1. The molecule has 45 heavy (non-hydrogen) atoms. The van der Waals surface area contributed by atoms with Gasteiger partial charge in [-0.3, -0.25) is 4.79 Å².